The van der Waals surface area contributed by atoms with Gasteiger partial charge in [0.15, 0.2) is 0 Å². The number of halogens is 1. The van der Waals surface area contributed by atoms with Crippen molar-refractivity contribution in [2.75, 3.05) is 57.4 Å². The van der Waals surface area contributed by atoms with Gasteiger partial charge in [-0.2, -0.15) is 0 Å². The van der Waals surface area contributed by atoms with Gasteiger partial charge >= 0.3 is 122 Å². The van der Waals surface area contributed by atoms with E-state index in [4.69, 9.17) is 4.74 Å². The Morgan fingerprint density at radius 1 is 1.07 bits per heavy atom. The van der Waals surface area contributed by atoms with Gasteiger partial charge in [-0.15, -0.1) is 0 Å². The molecule has 4 aliphatic rings. The predicted octanol–water partition coefficient (Wildman–Crippen LogP) is 0.714. The van der Waals surface area contributed by atoms with Crippen LogP contribution in [0, 0.1) is 17.3 Å². The van der Waals surface area contributed by atoms with E-state index in [1.54, 1.807) is 0 Å². The van der Waals surface area contributed by atoms with E-state index in [-0.39, 0.29) is 0 Å². The molecule has 3 aliphatic heterocycles. The molecular formula is C24H45IN3O-. The van der Waals surface area contributed by atoms with E-state index >= 15 is 0 Å². The zero-order valence-electron chi connectivity index (χ0n) is 19.3. The van der Waals surface area contributed by atoms with Gasteiger partial charge in [-0.3, -0.25) is 0 Å². The van der Waals surface area contributed by atoms with Gasteiger partial charge < -0.3 is 4.90 Å². The molecule has 3 saturated heterocycles. The summed E-state index contributed by atoms with van der Waals surface area (Å²) < 4.78 is 8.94. The molecule has 5 heteroatoms. The van der Waals surface area contributed by atoms with Crippen molar-refractivity contribution in [3.63, 3.8) is 0 Å². The van der Waals surface area contributed by atoms with Crippen molar-refractivity contribution in [3.05, 3.63) is 0 Å². The number of likely N-dealkylation sites (tertiary alicyclic amines) is 2. The van der Waals surface area contributed by atoms with Gasteiger partial charge in [0.2, 0.25) is 0 Å². The number of rotatable bonds is 9. The normalized spacial score (nSPS) is 29.2. The van der Waals surface area contributed by atoms with Crippen molar-refractivity contribution >= 4 is 0 Å². The first-order valence-electron chi connectivity index (χ1n) is 12.4. The molecule has 3 heterocycles. The molecule has 29 heavy (non-hydrogen) atoms. The Balaban J connectivity index is 1.04. The molecule has 1 unspecified atom stereocenters. The fraction of sp³-hybridized carbons (Fsp3) is 1.00. The number of alkyl halides is 1. The quantitative estimate of drug-likeness (QED) is 0.194. The summed E-state index contributed by atoms with van der Waals surface area (Å²) in [6, 6.07) is 0.888. The summed E-state index contributed by atoms with van der Waals surface area (Å²) in [4.78, 5) is 7.80. The van der Waals surface area contributed by atoms with Gasteiger partial charge in [0.05, 0.1) is 6.10 Å². The summed E-state index contributed by atoms with van der Waals surface area (Å²) in [6.45, 7) is 15.1. The number of hydrogen-bond donors (Lipinski definition) is 0. The van der Waals surface area contributed by atoms with Crippen LogP contribution in [0.4, 0.5) is 0 Å². The molecule has 170 valence electrons. The van der Waals surface area contributed by atoms with Crippen LogP contribution in [0.3, 0.4) is 0 Å². The van der Waals surface area contributed by atoms with Crippen LogP contribution < -0.4 is 21.5 Å². The van der Waals surface area contributed by atoms with E-state index in [0.29, 0.717) is 33.0 Å². The largest absolute Gasteiger partial charge is 0.0208 e. The number of hydrogen-bond acceptors (Lipinski definition) is 4. The molecule has 0 aromatic carbocycles. The minimum absolute atomic E-state index is 0.335. The van der Waals surface area contributed by atoms with Crippen LogP contribution in [-0.2, 0) is 4.74 Å². The second-order valence-corrected chi connectivity index (χ2v) is 12.8. The summed E-state index contributed by atoms with van der Waals surface area (Å²) in [7, 11) is 0. The topological polar surface area (TPSA) is 19.0 Å². The number of nitrogens with zero attached hydrogens (tertiary/aromatic N) is 3. The molecule has 4 rings (SSSR count). The molecule has 0 aromatic rings. The molecule has 1 saturated carbocycles. The average Bonchev–Trinajstić information content (AvgIpc) is 2.69. The third-order valence-corrected chi connectivity index (χ3v) is 10.9. The zero-order chi connectivity index (χ0) is 20.3. The molecule has 0 amide bonds. The molecule has 0 N–H and O–H groups in total. The first kappa shape index (κ1) is 22.8. The smallest absolute Gasteiger partial charge is 0.0208 e. The van der Waals surface area contributed by atoms with E-state index < -0.39 is 0 Å². The Labute approximate surface area is 190 Å². The van der Waals surface area contributed by atoms with Gasteiger partial charge in [-0.25, -0.2) is 0 Å². The van der Waals surface area contributed by atoms with E-state index in [1.165, 1.54) is 97.2 Å². The molecule has 4 fully saturated rings. The first-order valence-corrected chi connectivity index (χ1v) is 15.6. The van der Waals surface area contributed by atoms with E-state index in [2.05, 4.69) is 31.7 Å². The molecule has 0 radical (unpaired) electrons. The van der Waals surface area contributed by atoms with Crippen LogP contribution in [0.15, 0.2) is 0 Å². The van der Waals surface area contributed by atoms with Crippen molar-refractivity contribution in [2.24, 2.45) is 17.3 Å². The van der Waals surface area contributed by atoms with Crippen LogP contribution in [0.5, 0.6) is 0 Å². The van der Waals surface area contributed by atoms with E-state index in [9.17, 15) is 0 Å². The molecule has 4 nitrogen and oxygen atoms in total. The predicted molar refractivity (Wildman–Crippen MR) is 117 cm³/mol. The Bertz CT molecular complexity index is 488. The van der Waals surface area contributed by atoms with Crippen LogP contribution >= 0.6 is 0 Å². The molecule has 1 atom stereocenters. The maximum atomic E-state index is 6.26. The van der Waals surface area contributed by atoms with Crippen molar-refractivity contribution < 1.29 is 26.2 Å². The number of ether oxygens (including phenoxy) is 1. The molecule has 1 aliphatic carbocycles. The first-order chi connectivity index (χ1) is 14.1. The minimum Gasteiger partial charge on any atom is -0.0208 e. The molecular weight excluding hydrogens is 473 g/mol. The zero-order valence-corrected chi connectivity index (χ0v) is 21.4. The standard InChI is InChI=1S/C24H45IN3O/c1-4-26-13-9-24(10-14-26)16-23(17-24)29-15-5-6-20(2)21-7-11-27(12-8-21)22-18-28(19-22)25-3/h20-23H,4-19H2,1-3H3/q-1. The van der Waals surface area contributed by atoms with E-state index in [1.807, 2.05) is 0 Å². The maximum absolute atomic E-state index is 6.26. The number of piperidine rings is 2. The fourth-order valence-electron chi connectivity index (χ4n) is 6.29. The monoisotopic (exact) mass is 518 g/mol. The van der Waals surface area contributed by atoms with Gasteiger partial charge in [0, 0.05) is 0 Å². The third-order valence-electron chi connectivity index (χ3n) is 8.79. The summed E-state index contributed by atoms with van der Waals surface area (Å²) in [5.41, 5.74) is 0.661. The average molecular weight is 519 g/mol. The summed E-state index contributed by atoms with van der Waals surface area (Å²) >= 11 is 0.335. The third kappa shape index (κ3) is 5.68. The van der Waals surface area contributed by atoms with Crippen molar-refractivity contribution in [2.45, 2.75) is 77.4 Å². The maximum Gasteiger partial charge on any atom is -0.0208 e. The van der Waals surface area contributed by atoms with Crippen LogP contribution in [0.1, 0.15) is 65.2 Å². The van der Waals surface area contributed by atoms with Crippen LogP contribution in [0.25, 0.3) is 0 Å². The van der Waals surface area contributed by atoms with Gasteiger partial charge in [0.25, 0.3) is 0 Å². The van der Waals surface area contributed by atoms with Crippen molar-refractivity contribution in [1.82, 2.24) is 12.9 Å². The summed E-state index contributed by atoms with van der Waals surface area (Å²) in [6.07, 6.45) is 11.6. The Morgan fingerprint density at radius 3 is 2.38 bits per heavy atom. The van der Waals surface area contributed by atoms with Crippen molar-refractivity contribution in [1.29, 1.82) is 0 Å². The summed E-state index contributed by atoms with van der Waals surface area (Å²) in [5.74, 6) is 1.84. The Morgan fingerprint density at radius 2 is 1.76 bits per heavy atom. The molecule has 0 aromatic heterocycles. The van der Waals surface area contributed by atoms with Crippen LogP contribution in [0.2, 0.25) is 0 Å². The molecule has 1 spiro atoms. The second kappa shape index (κ2) is 10.5. The van der Waals surface area contributed by atoms with Crippen LogP contribution in [-0.4, -0.2) is 82.4 Å². The minimum atomic E-state index is 0.335. The SMILES string of the molecule is CCN1CCC2(CC1)CC(OCCCC(C)C1CCN(C3CN([I-]C)C3)CC1)C2. The Hall–Kier alpha value is 0.570. The Kier molecular flexibility index (Phi) is 8.20. The summed E-state index contributed by atoms with van der Waals surface area (Å²) in [5, 5.41) is 0. The van der Waals surface area contributed by atoms with E-state index in [0.717, 1.165) is 24.5 Å². The second-order valence-electron chi connectivity index (χ2n) is 10.5. The van der Waals surface area contributed by atoms with Gasteiger partial charge in [0.1, 0.15) is 0 Å². The van der Waals surface area contributed by atoms with Gasteiger partial charge in [-0.05, 0) is 50.7 Å². The fourth-order valence-corrected chi connectivity index (χ4v) is 7.99. The molecule has 0 bridgehead atoms. The van der Waals surface area contributed by atoms with Crippen molar-refractivity contribution in [3.8, 4) is 0 Å². The van der Waals surface area contributed by atoms with Gasteiger partial charge in [-0.1, -0.05) is 6.92 Å².